The average molecular weight is 369 g/mol. The Morgan fingerprint density at radius 1 is 1.52 bits per heavy atom. The smallest absolute Gasteiger partial charge is 0.394 e. The van der Waals surface area contributed by atoms with Crippen molar-refractivity contribution < 1.29 is 23.0 Å². The molecule has 1 saturated heterocycles. The van der Waals surface area contributed by atoms with Crippen molar-refractivity contribution in [3.63, 3.8) is 0 Å². The van der Waals surface area contributed by atoms with Crippen molar-refractivity contribution in [2.24, 2.45) is 0 Å². The van der Waals surface area contributed by atoms with Crippen LogP contribution in [-0.2, 0) is 10.9 Å². The lowest BCUT2D eigenvalue weighted by molar-refractivity contribution is -0.138. The van der Waals surface area contributed by atoms with Crippen molar-refractivity contribution in [3.05, 3.63) is 22.3 Å². The third kappa shape index (κ3) is 3.87. The van der Waals surface area contributed by atoms with Crippen molar-refractivity contribution >= 4 is 21.7 Å². The lowest BCUT2D eigenvalue weighted by atomic mass is 10.0. The minimum absolute atomic E-state index is 0.138. The normalized spacial score (nSPS) is 22.4. The molecule has 0 aliphatic carbocycles. The zero-order valence-corrected chi connectivity index (χ0v) is 13.2. The van der Waals surface area contributed by atoms with Crippen molar-refractivity contribution in [1.29, 1.82) is 0 Å². The number of morpholine rings is 1. The summed E-state index contributed by atoms with van der Waals surface area (Å²) < 4.78 is 45.4. The second kappa shape index (κ2) is 5.73. The number of aliphatic hydroxyl groups excluding tert-OH is 1. The number of nitrogens with zero attached hydrogens (tertiary/aromatic N) is 2. The van der Waals surface area contributed by atoms with Crippen molar-refractivity contribution in [2.75, 3.05) is 24.6 Å². The molecule has 2 rings (SSSR count). The Balaban J connectivity index is 2.41. The molecule has 0 spiro atoms. The van der Waals surface area contributed by atoms with Crippen LogP contribution >= 0.6 is 15.9 Å². The molecule has 1 aliphatic heterocycles. The molecule has 0 aromatic carbocycles. The summed E-state index contributed by atoms with van der Waals surface area (Å²) in [5, 5.41) is 9.26. The maximum Gasteiger partial charge on any atom is 0.419 e. The third-order valence-electron chi connectivity index (χ3n) is 3.12. The van der Waals surface area contributed by atoms with Gasteiger partial charge in [0.15, 0.2) is 0 Å². The summed E-state index contributed by atoms with van der Waals surface area (Å²) in [6.07, 6.45) is -3.70. The van der Waals surface area contributed by atoms with Crippen LogP contribution in [0.5, 0.6) is 0 Å². The Bertz CT molecular complexity index is 523. The molecule has 1 unspecified atom stereocenters. The molecule has 0 amide bonds. The number of aromatic nitrogens is 1. The summed E-state index contributed by atoms with van der Waals surface area (Å²) in [4.78, 5) is 5.44. The van der Waals surface area contributed by atoms with Gasteiger partial charge in [-0.2, -0.15) is 13.2 Å². The van der Waals surface area contributed by atoms with Gasteiger partial charge in [-0.05, 0) is 35.8 Å². The largest absolute Gasteiger partial charge is 0.419 e. The first-order chi connectivity index (χ1) is 9.62. The van der Waals surface area contributed by atoms with E-state index in [0.29, 0.717) is 0 Å². The van der Waals surface area contributed by atoms with Gasteiger partial charge in [0, 0.05) is 23.8 Å². The predicted molar refractivity (Wildman–Crippen MR) is 75.2 cm³/mol. The predicted octanol–water partition coefficient (Wildman–Crippen LogP) is 2.84. The van der Waals surface area contributed by atoms with Crippen LogP contribution in [0.4, 0.5) is 19.0 Å². The second-order valence-corrected chi connectivity index (χ2v) is 6.50. The number of ether oxygens (including phenoxy) is 1. The maximum absolute atomic E-state index is 13.2. The zero-order valence-electron chi connectivity index (χ0n) is 11.6. The SMILES string of the molecule is CC1(C)CN(c2ncc(Br)cc2C(F)(F)F)CC(CO)O1. The summed E-state index contributed by atoms with van der Waals surface area (Å²) in [6, 6.07) is 1.01. The first kappa shape index (κ1) is 16.5. The maximum atomic E-state index is 13.2. The van der Waals surface area contributed by atoms with E-state index in [1.807, 2.05) is 0 Å². The molecule has 1 fully saturated rings. The van der Waals surface area contributed by atoms with Crippen LogP contribution < -0.4 is 4.90 Å². The molecule has 0 bridgehead atoms. The molecule has 1 aliphatic rings. The third-order valence-corrected chi connectivity index (χ3v) is 3.56. The highest BCUT2D eigenvalue weighted by Crippen LogP contribution is 2.38. The molecule has 118 valence electrons. The molecule has 4 nitrogen and oxygen atoms in total. The van der Waals surface area contributed by atoms with E-state index in [9.17, 15) is 18.3 Å². The van der Waals surface area contributed by atoms with Crippen LogP contribution in [0.15, 0.2) is 16.7 Å². The van der Waals surface area contributed by atoms with Gasteiger partial charge in [0.1, 0.15) is 5.82 Å². The number of anilines is 1. The highest BCUT2D eigenvalue weighted by atomic mass is 79.9. The van der Waals surface area contributed by atoms with Gasteiger partial charge in [0.05, 0.1) is 23.9 Å². The molecule has 0 saturated carbocycles. The molecule has 2 heterocycles. The van der Waals surface area contributed by atoms with Gasteiger partial charge < -0.3 is 14.7 Å². The number of alkyl halides is 3. The van der Waals surface area contributed by atoms with Crippen LogP contribution in [0, 0.1) is 0 Å². The molecular weight excluding hydrogens is 353 g/mol. The van der Waals surface area contributed by atoms with Gasteiger partial charge in [-0.25, -0.2) is 4.98 Å². The first-order valence-electron chi connectivity index (χ1n) is 6.39. The lowest BCUT2D eigenvalue weighted by Gasteiger charge is -2.43. The molecular formula is C13H16BrF3N2O2. The van der Waals surface area contributed by atoms with Gasteiger partial charge >= 0.3 is 6.18 Å². The molecule has 8 heteroatoms. The molecule has 21 heavy (non-hydrogen) atoms. The highest BCUT2D eigenvalue weighted by Gasteiger charge is 2.40. The Kier molecular flexibility index (Phi) is 4.51. The highest BCUT2D eigenvalue weighted by molar-refractivity contribution is 9.10. The Morgan fingerprint density at radius 3 is 2.76 bits per heavy atom. The minimum Gasteiger partial charge on any atom is -0.394 e. The second-order valence-electron chi connectivity index (χ2n) is 5.59. The zero-order chi connectivity index (χ0) is 15.8. The fraction of sp³-hybridized carbons (Fsp3) is 0.615. The van der Waals surface area contributed by atoms with E-state index in [0.717, 1.165) is 6.07 Å². The van der Waals surface area contributed by atoms with E-state index < -0.39 is 23.4 Å². The van der Waals surface area contributed by atoms with Crippen molar-refractivity contribution in [2.45, 2.75) is 31.7 Å². The van der Waals surface area contributed by atoms with E-state index in [4.69, 9.17) is 4.74 Å². The number of hydrogen-bond acceptors (Lipinski definition) is 4. The van der Waals surface area contributed by atoms with Crippen LogP contribution in [0.25, 0.3) is 0 Å². The van der Waals surface area contributed by atoms with E-state index >= 15 is 0 Å². The van der Waals surface area contributed by atoms with E-state index in [1.165, 1.54) is 11.1 Å². The van der Waals surface area contributed by atoms with Gasteiger partial charge in [-0.15, -0.1) is 0 Å². The van der Waals surface area contributed by atoms with Crippen LogP contribution in [0.1, 0.15) is 19.4 Å². The number of hydrogen-bond donors (Lipinski definition) is 1. The average Bonchev–Trinajstić information content (AvgIpc) is 2.35. The quantitative estimate of drug-likeness (QED) is 0.871. The summed E-state index contributed by atoms with van der Waals surface area (Å²) in [7, 11) is 0. The number of rotatable bonds is 2. The molecule has 1 atom stereocenters. The monoisotopic (exact) mass is 368 g/mol. The minimum atomic E-state index is -4.50. The Morgan fingerprint density at radius 2 is 2.19 bits per heavy atom. The fourth-order valence-electron chi connectivity index (χ4n) is 2.44. The van der Waals surface area contributed by atoms with Crippen LogP contribution in [0.2, 0.25) is 0 Å². The summed E-state index contributed by atoms with van der Waals surface area (Å²) in [6.45, 7) is 3.72. The van der Waals surface area contributed by atoms with E-state index in [1.54, 1.807) is 13.8 Å². The number of pyridine rings is 1. The van der Waals surface area contributed by atoms with Crippen molar-refractivity contribution in [3.8, 4) is 0 Å². The molecule has 0 radical (unpaired) electrons. The Hall–Kier alpha value is -0.860. The molecule has 1 aromatic heterocycles. The van der Waals surface area contributed by atoms with Gasteiger partial charge in [-0.1, -0.05) is 0 Å². The van der Waals surface area contributed by atoms with Gasteiger partial charge in [0.25, 0.3) is 0 Å². The topological polar surface area (TPSA) is 45.6 Å². The van der Waals surface area contributed by atoms with Gasteiger partial charge in [0.2, 0.25) is 0 Å². The van der Waals surface area contributed by atoms with Crippen molar-refractivity contribution in [1.82, 2.24) is 4.98 Å². The summed E-state index contributed by atoms with van der Waals surface area (Å²) >= 11 is 3.02. The Labute approximate surface area is 129 Å². The van der Waals surface area contributed by atoms with E-state index in [-0.39, 0.29) is 30.0 Å². The first-order valence-corrected chi connectivity index (χ1v) is 7.18. The van der Waals surface area contributed by atoms with Crippen LogP contribution in [-0.4, -0.2) is 41.5 Å². The summed E-state index contributed by atoms with van der Waals surface area (Å²) in [5.41, 5.74) is -1.46. The lowest BCUT2D eigenvalue weighted by Crippen LogP contribution is -2.54. The standard InChI is InChI=1S/C13H16BrF3N2O2/c1-12(2)7-19(5-9(6-20)21-12)11-10(13(15,16)17)3-8(14)4-18-11/h3-4,9,20H,5-7H2,1-2H3. The summed E-state index contributed by atoms with van der Waals surface area (Å²) in [5.74, 6) is -0.138. The number of halogens is 4. The van der Waals surface area contributed by atoms with E-state index in [2.05, 4.69) is 20.9 Å². The molecule has 1 aromatic rings. The van der Waals surface area contributed by atoms with Crippen LogP contribution in [0.3, 0.4) is 0 Å². The van der Waals surface area contributed by atoms with Gasteiger partial charge in [-0.3, -0.25) is 0 Å². The fourth-order valence-corrected chi connectivity index (χ4v) is 2.78. The number of aliphatic hydroxyl groups is 1. The molecule has 1 N–H and O–H groups in total.